The van der Waals surface area contributed by atoms with Crippen LogP contribution in [0.4, 0.5) is 0 Å². The molecule has 0 fully saturated rings. The maximum Gasteiger partial charge on any atom is 0.569 e. The predicted octanol–water partition coefficient (Wildman–Crippen LogP) is 6.92. The molecule has 0 spiro atoms. The first-order chi connectivity index (χ1) is 18.1. The van der Waals surface area contributed by atoms with Gasteiger partial charge in [0.1, 0.15) is 5.75 Å². The van der Waals surface area contributed by atoms with E-state index in [9.17, 15) is 5.02 Å². The quantitative estimate of drug-likeness (QED) is 0.277. The summed E-state index contributed by atoms with van der Waals surface area (Å²) >= 11 is 0. The molecule has 37 heavy (non-hydrogen) atoms. The molecule has 0 unspecified atom stereocenters. The van der Waals surface area contributed by atoms with E-state index in [-0.39, 0.29) is 5.41 Å². The van der Waals surface area contributed by atoms with Gasteiger partial charge in [0.25, 0.3) is 0 Å². The third kappa shape index (κ3) is 3.23. The largest absolute Gasteiger partial charge is 0.569 e. The van der Waals surface area contributed by atoms with E-state index < -0.39 is 0 Å². The van der Waals surface area contributed by atoms with Gasteiger partial charge in [-0.1, -0.05) is 92.7 Å². The van der Waals surface area contributed by atoms with Crippen molar-refractivity contribution in [1.82, 2.24) is 9.97 Å². The standard InChI is InChI=1S/C31H22BN2O3/c1-31(2)23-13-7-6-11-20(23)21-16-15-19(17-24(21)31)29-33-27(18-9-4-3-5-10-18)26-22-12-8-14-25(37-32-35)28(22)36-30(26)34-29/h3-17,35H,1-2H3. The summed E-state index contributed by atoms with van der Waals surface area (Å²) < 4.78 is 11.5. The van der Waals surface area contributed by atoms with Crippen LogP contribution in [0.5, 0.6) is 5.75 Å². The minimum absolute atomic E-state index is 0.124. The van der Waals surface area contributed by atoms with Crippen LogP contribution in [0.2, 0.25) is 0 Å². The van der Waals surface area contributed by atoms with Gasteiger partial charge >= 0.3 is 7.69 Å². The lowest BCUT2D eigenvalue weighted by atomic mass is 9.82. The Hall–Kier alpha value is -4.42. The minimum atomic E-state index is -0.124. The van der Waals surface area contributed by atoms with Gasteiger partial charge in [-0.05, 0) is 34.4 Å². The van der Waals surface area contributed by atoms with Crippen molar-refractivity contribution in [2.75, 3.05) is 0 Å². The second-order valence-corrected chi connectivity index (χ2v) is 9.83. The lowest BCUT2D eigenvalue weighted by molar-refractivity contribution is 0.451. The molecule has 0 amide bonds. The summed E-state index contributed by atoms with van der Waals surface area (Å²) in [6, 6.07) is 30.7. The van der Waals surface area contributed by atoms with Crippen molar-refractivity contribution < 1.29 is 14.1 Å². The Balaban J connectivity index is 1.48. The number of hydrogen-bond acceptors (Lipinski definition) is 5. The first kappa shape index (κ1) is 21.8. The van der Waals surface area contributed by atoms with Crippen molar-refractivity contribution in [3.05, 3.63) is 102 Å². The van der Waals surface area contributed by atoms with Crippen molar-refractivity contribution in [2.24, 2.45) is 0 Å². The SMILES string of the molecule is CC1(C)c2ccccc2-c2ccc(-c3nc(-c4ccccc4)c4c(n3)oc3c(O[B]O)cccc34)cc21. The summed E-state index contributed by atoms with van der Waals surface area (Å²) in [4.78, 5) is 9.98. The Morgan fingerprint density at radius 3 is 2.41 bits per heavy atom. The average Bonchev–Trinajstić information content (AvgIpc) is 3.42. The fraction of sp³-hybridized carbons (Fsp3) is 0.0968. The first-order valence-electron chi connectivity index (χ1n) is 12.2. The number of aromatic nitrogens is 2. The maximum atomic E-state index is 9.25. The van der Waals surface area contributed by atoms with Crippen LogP contribution in [-0.2, 0) is 5.41 Å². The van der Waals surface area contributed by atoms with Crippen LogP contribution >= 0.6 is 0 Å². The molecule has 2 aromatic heterocycles. The van der Waals surface area contributed by atoms with Gasteiger partial charge in [-0.2, -0.15) is 4.98 Å². The molecule has 7 rings (SSSR count). The Morgan fingerprint density at radius 1 is 0.784 bits per heavy atom. The number of nitrogens with zero attached hydrogens (tertiary/aromatic N) is 2. The van der Waals surface area contributed by atoms with Crippen LogP contribution in [0.25, 0.3) is 55.8 Å². The zero-order valence-electron chi connectivity index (χ0n) is 20.4. The first-order valence-corrected chi connectivity index (χ1v) is 12.2. The molecule has 5 nitrogen and oxygen atoms in total. The minimum Gasteiger partial charge on any atom is -0.535 e. The third-order valence-corrected chi connectivity index (χ3v) is 7.39. The smallest absolute Gasteiger partial charge is 0.535 e. The number of fused-ring (bicyclic) bond motifs is 6. The molecule has 2 heterocycles. The number of furan rings is 1. The average molecular weight is 481 g/mol. The van der Waals surface area contributed by atoms with E-state index in [2.05, 4.69) is 56.3 Å². The second-order valence-electron chi connectivity index (χ2n) is 9.83. The fourth-order valence-electron chi connectivity index (χ4n) is 5.60. The molecule has 177 valence electrons. The van der Waals surface area contributed by atoms with Gasteiger partial charge in [0.2, 0.25) is 5.71 Å². The van der Waals surface area contributed by atoms with E-state index in [0.29, 0.717) is 30.6 Å². The summed E-state index contributed by atoms with van der Waals surface area (Å²) in [6.07, 6.45) is 0. The molecular formula is C31H22BN2O3. The molecule has 4 aromatic carbocycles. The van der Waals surface area contributed by atoms with E-state index in [1.165, 1.54) is 22.3 Å². The van der Waals surface area contributed by atoms with E-state index in [1.807, 2.05) is 42.5 Å². The van der Waals surface area contributed by atoms with Crippen LogP contribution in [0.15, 0.2) is 95.4 Å². The molecule has 0 bridgehead atoms. The summed E-state index contributed by atoms with van der Waals surface area (Å²) in [5, 5.41) is 10.9. The van der Waals surface area contributed by atoms with E-state index >= 15 is 0 Å². The second kappa shape index (κ2) is 8.05. The monoisotopic (exact) mass is 481 g/mol. The Kier molecular flexibility index (Phi) is 4.75. The van der Waals surface area contributed by atoms with Crippen molar-refractivity contribution in [1.29, 1.82) is 0 Å². The van der Waals surface area contributed by atoms with Gasteiger partial charge in [0.05, 0.1) is 11.1 Å². The highest BCUT2D eigenvalue weighted by molar-refractivity contribution is 6.19. The van der Waals surface area contributed by atoms with Gasteiger partial charge in [0.15, 0.2) is 11.4 Å². The van der Waals surface area contributed by atoms with Crippen molar-refractivity contribution >= 4 is 29.8 Å². The fourth-order valence-corrected chi connectivity index (χ4v) is 5.60. The van der Waals surface area contributed by atoms with Gasteiger partial charge in [-0.15, -0.1) is 0 Å². The third-order valence-electron chi connectivity index (χ3n) is 7.39. The van der Waals surface area contributed by atoms with Crippen LogP contribution in [0.1, 0.15) is 25.0 Å². The van der Waals surface area contributed by atoms with Crippen LogP contribution < -0.4 is 4.65 Å². The van der Waals surface area contributed by atoms with Crippen LogP contribution in [0, 0.1) is 0 Å². The van der Waals surface area contributed by atoms with E-state index in [4.69, 9.17) is 19.0 Å². The number of benzene rings is 4. The van der Waals surface area contributed by atoms with Gasteiger partial charge < -0.3 is 14.1 Å². The van der Waals surface area contributed by atoms with Crippen LogP contribution in [0.3, 0.4) is 0 Å². The molecule has 0 aliphatic heterocycles. The number of para-hydroxylation sites is 1. The van der Waals surface area contributed by atoms with Crippen molar-refractivity contribution in [2.45, 2.75) is 19.3 Å². The molecule has 0 saturated heterocycles. The molecule has 6 heteroatoms. The summed E-state index contributed by atoms with van der Waals surface area (Å²) in [5.41, 5.74) is 8.65. The van der Waals surface area contributed by atoms with Gasteiger partial charge in [0, 0.05) is 21.9 Å². The van der Waals surface area contributed by atoms with Gasteiger partial charge in [-0.25, -0.2) is 4.98 Å². The highest BCUT2D eigenvalue weighted by Gasteiger charge is 2.35. The Morgan fingerprint density at radius 2 is 1.57 bits per heavy atom. The molecule has 1 aliphatic carbocycles. The van der Waals surface area contributed by atoms with Crippen molar-refractivity contribution in [3.63, 3.8) is 0 Å². The van der Waals surface area contributed by atoms with Gasteiger partial charge in [-0.3, -0.25) is 0 Å². The zero-order valence-corrected chi connectivity index (χ0v) is 20.4. The lowest BCUT2D eigenvalue weighted by Gasteiger charge is -2.21. The Bertz CT molecular complexity index is 1830. The molecule has 6 aromatic rings. The molecule has 1 N–H and O–H groups in total. The number of hydrogen-bond donors (Lipinski definition) is 1. The zero-order chi connectivity index (χ0) is 25.1. The number of rotatable bonds is 4. The topological polar surface area (TPSA) is 68.4 Å². The molecule has 1 radical (unpaired) electrons. The highest BCUT2D eigenvalue weighted by atomic mass is 16.5. The summed E-state index contributed by atoms with van der Waals surface area (Å²) in [5.74, 6) is 1.01. The normalized spacial score (nSPS) is 13.5. The molecule has 0 atom stereocenters. The lowest BCUT2D eigenvalue weighted by Crippen LogP contribution is -2.15. The highest BCUT2D eigenvalue weighted by Crippen LogP contribution is 2.49. The maximum absolute atomic E-state index is 9.25. The Labute approximate surface area is 214 Å². The molecule has 1 aliphatic rings. The molecule has 0 saturated carbocycles. The summed E-state index contributed by atoms with van der Waals surface area (Å²) in [7, 11) is 0.654. The van der Waals surface area contributed by atoms with Crippen LogP contribution in [-0.4, -0.2) is 22.7 Å². The molecular weight excluding hydrogens is 459 g/mol. The van der Waals surface area contributed by atoms with Crippen molar-refractivity contribution in [3.8, 4) is 39.5 Å². The predicted molar refractivity (Wildman–Crippen MR) is 146 cm³/mol. The summed E-state index contributed by atoms with van der Waals surface area (Å²) in [6.45, 7) is 4.53. The van der Waals surface area contributed by atoms with E-state index in [1.54, 1.807) is 6.07 Å². The van der Waals surface area contributed by atoms with E-state index in [0.717, 1.165) is 27.6 Å².